The van der Waals surface area contributed by atoms with Crippen molar-refractivity contribution in [1.82, 2.24) is 4.90 Å². The molecule has 1 aliphatic heterocycles. The molecule has 1 saturated heterocycles. The lowest BCUT2D eigenvalue weighted by Gasteiger charge is -2.39. The monoisotopic (exact) mass is 271 g/mol. The van der Waals surface area contributed by atoms with E-state index in [1.54, 1.807) is 6.08 Å². The van der Waals surface area contributed by atoms with Crippen LogP contribution in [-0.4, -0.2) is 30.0 Å². The van der Waals surface area contributed by atoms with E-state index in [0.29, 0.717) is 12.6 Å². The summed E-state index contributed by atoms with van der Waals surface area (Å²) in [6, 6.07) is 8.28. The van der Waals surface area contributed by atoms with E-state index in [9.17, 15) is 4.79 Å². The molecular weight excluding hydrogens is 250 g/mol. The van der Waals surface area contributed by atoms with Crippen molar-refractivity contribution in [2.75, 3.05) is 13.2 Å². The van der Waals surface area contributed by atoms with Crippen molar-refractivity contribution in [3.05, 3.63) is 48.0 Å². The number of hydrogen-bond donors (Lipinski definition) is 0. The number of carbonyl (C=O) groups is 1. The van der Waals surface area contributed by atoms with Gasteiger partial charge in [0, 0.05) is 24.6 Å². The van der Waals surface area contributed by atoms with Gasteiger partial charge in [-0.2, -0.15) is 0 Å². The molecule has 0 aromatic heterocycles. The molecule has 1 amide bonds. The lowest BCUT2D eigenvalue weighted by Crippen LogP contribution is -2.38. The second kappa shape index (κ2) is 5.06. The van der Waals surface area contributed by atoms with Crippen LogP contribution in [0.3, 0.4) is 0 Å². The third-order valence-corrected chi connectivity index (χ3v) is 4.29. The number of nitrogens with zero attached hydrogens (tertiary/aromatic N) is 1. The van der Waals surface area contributed by atoms with Gasteiger partial charge < -0.3 is 9.64 Å². The highest BCUT2D eigenvalue weighted by Gasteiger charge is 2.36. The second-order valence-corrected chi connectivity index (χ2v) is 5.89. The van der Waals surface area contributed by atoms with Crippen molar-refractivity contribution in [1.29, 1.82) is 0 Å². The average molecular weight is 271 g/mol. The lowest BCUT2D eigenvalue weighted by molar-refractivity contribution is -0.140. The molecule has 1 unspecified atom stereocenters. The van der Waals surface area contributed by atoms with Crippen molar-refractivity contribution >= 4 is 5.91 Å². The summed E-state index contributed by atoms with van der Waals surface area (Å²) in [5, 5.41) is 0. The molecule has 0 N–H and O–H groups in total. The minimum absolute atomic E-state index is 0.108. The molecule has 1 aromatic carbocycles. The molecule has 0 bridgehead atoms. The maximum atomic E-state index is 12.6. The molecule has 1 heterocycles. The van der Waals surface area contributed by atoms with Crippen LogP contribution in [0.2, 0.25) is 0 Å². The van der Waals surface area contributed by atoms with Crippen LogP contribution < -0.4 is 0 Å². The van der Waals surface area contributed by atoms with E-state index in [1.165, 1.54) is 0 Å². The van der Waals surface area contributed by atoms with Crippen molar-refractivity contribution in [2.24, 2.45) is 0 Å². The van der Waals surface area contributed by atoms with E-state index in [-0.39, 0.29) is 11.5 Å². The summed E-state index contributed by atoms with van der Waals surface area (Å²) >= 11 is 0. The molecular formula is C17H21NO2. The number of ether oxygens (including phenoxy) is 1. The first-order chi connectivity index (χ1) is 9.64. The van der Waals surface area contributed by atoms with Crippen molar-refractivity contribution in [3.63, 3.8) is 0 Å². The summed E-state index contributed by atoms with van der Waals surface area (Å²) in [5.41, 5.74) is 1.65. The SMILES string of the molecule is C=CCN(C(=O)c1cccc(C2(C)CCO2)c1)C1CC1. The topological polar surface area (TPSA) is 29.5 Å². The largest absolute Gasteiger partial charge is 0.370 e. The highest BCUT2D eigenvalue weighted by molar-refractivity contribution is 5.95. The first kappa shape index (κ1) is 13.4. The van der Waals surface area contributed by atoms with Gasteiger partial charge >= 0.3 is 0 Å². The first-order valence-electron chi connectivity index (χ1n) is 7.30. The Kier molecular flexibility index (Phi) is 3.38. The predicted molar refractivity (Wildman–Crippen MR) is 78.6 cm³/mol. The zero-order chi connectivity index (χ0) is 14.2. The van der Waals surface area contributed by atoms with Crippen LogP contribution >= 0.6 is 0 Å². The van der Waals surface area contributed by atoms with Crippen molar-refractivity contribution in [2.45, 2.75) is 37.8 Å². The molecule has 2 aliphatic rings. The van der Waals surface area contributed by atoms with Crippen LogP contribution in [0.15, 0.2) is 36.9 Å². The van der Waals surface area contributed by atoms with Gasteiger partial charge in [0.25, 0.3) is 5.91 Å². The summed E-state index contributed by atoms with van der Waals surface area (Å²) in [6.07, 6.45) is 5.04. The zero-order valence-corrected chi connectivity index (χ0v) is 12.0. The Morgan fingerprint density at radius 1 is 1.55 bits per heavy atom. The van der Waals surface area contributed by atoms with E-state index >= 15 is 0 Å². The highest BCUT2D eigenvalue weighted by atomic mass is 16.5. The fraction of sp³-hybridized carbons (Fsp3) is 0.471. The second-order valence-electron chi connectivity index (χ2n) is 5.89. The van der Waals surface area contributed by atoms with Gasteiger partial charge in [0.05, 0.1) is 12.2 Å². The van der Waals surface area contributed by atoms with Gasteiger partial charge in [-0.3, -0.25) is 4.79 Å². The van der Waals surface area contributed by atoms with E-state index in [4.69, 9.17) is 4.74 Å². The molecule has 3 nitrogen and oxygen atoms in total. The number of amides is 1. The van der Waals surface area contributed by atoms with Crippen LogP contribution in [0.25, 0.3) is 0 Å². The van der Waals surface area contributed by atoms with Gasteiger partial charge in [-0.1, -0.05) is 18.2 Å². The molecule has 1 atom stereocenters. The van der Waals surface area contributed by atoms with Gasteiger partial charge in [-0.15, -0.1) is 6.58 Å². The van der Waals surface area contributed by atoms with E-state index in [1.807, 2.05) is 29.2 Å². The van der Waals surface area contributed by atoms with E-state index in [0.717, 1.165) is 37.0 Å². The zero-order valence-electron chi connectivity index (χ0n) is 12.0. The summed E-state index contributed by atoms with van der Waals surface area (Å²) in [6.45, 7) is 7.27. The summed E-state index contributed by atoms with van der Waals surface area (Å²) < 4.78 is 5.67. The molecule has 106 valence electrons. The summed E-state index contributed by atoms with van der Waals surface area (Å²) in [7, 11) is 0. The Morgan fingerprint density at radius 2 is 2.30 bits per heavy atom. The van der Waals surface area contributed by atoms with Gasteiger partial charge in [-0.05, 0) is 37.5 Å². The Balaban J connectivity index is 1.83. The molecule has 1 aliphatic carbocycles. The quantitative estimate of drug-likeness (QED) is 0.770. The normalized spacial score (nSPS) is 24.9. The summed E-state index contributed by atoms with van der Waals surface area (Å²) in [4.78, 5) is 14.6. The Hall–Kier alpha value is -1.61. The third kappa shape index (κ3) is 2.38. The van der Waals surface area contributed by atoms with Crippen LogP contribution in [0.4, 0.5) is 0 Å². The molecule has 3 heteroatoms. The summed E-state index contributed by atoms with van der Waals surface area (Å²) in [5.74, 6) is 0.108. The van der Waals surface area contributed by atoms with Gasteiger partial charge in [0.15, 0.2) is 0 Å². The first-order valence-corrected chi connectivity index (χ1v) is 7.30. The molecule has 2 fully saturated rings. The maximum absolute atomic E-state index is 12.6. The van der Waals surface area contributed by atoms with Crippen molar-refractivity contribution in [3.8, 4) is 0 Å². The lowest BCUT2D eigenvalue weighted by atomic mass is 9.87. The van der Waals surface area contributed by atoms with Crippen LogP contribution in [0, 0.1) is 0 Å². The molecule has 1 aromatic rings. The van der Waals surface area contributed by atoms with E-state index < -0.39 is 0 Å². The van der Waals surface area contributed by atoms with Gasteiger partial charge in [0.1, 0.15) is 0 Å². The smallest absolute Gasteiger partial charge is 0.254 e. The third-order valence-electron chi connectivity index (χ3n) is 4.29. The molecule has 1 saturated carbocycles. The predicted octanol–water partition coefficient (Wildman–Crippen LogP) is 3.11. The van der Waals surface area contributed by atoms with Crippen LogP contribution in [0.5, 0.6) is 0 Å². The standard InChI is InChI=1S/C17H21NO2/c1-3-10-18(15-7-8-15)16(19)13-5-4-6-14(12-13)17(2)9-11-20-17/h3-6,12,15H,1,7-11H2,2H3. The average Bonchev–Trinajstić information content (AvgIpc) is 3.26. The van der Waals surface area contributed by atoms with Crippen molar-refractivity contribution < 1.29 is 9.53 Å². The van der Waals surface area contributed by atoms with Crippen LogP contribution in [0.1, 0.15) is 42.1 Å². The Morgan fingerprint density at radius 3 is 2.85 bits per heavy atom. The van der Waals surface area contributed by atoms with Crippen LogP contribution in [-0.2, 0) is 10.3 Å². The molecule has 3 rings (SSSR count). The Bertz CT molecular complexity index is 530. The number of carbonyl (C=O) groups excluding carboxylic acids is 1. The fourth-order valence-corrected chi connectivity index (χ4v) is 2.71. The minimum atomic E-state index is -0.209. The maximum Gasteiger partial charge on any atom is 0.254 e. The molecule has 20 heavy (non-hydrogen) atoms. The fourth-order valence-electron chi connectivity index (χ4n) is 2.71. The number of rotatable bonds is 5. The van der Waals surface area contributed by atoms with Gasteiger partial charge in [-0.25, -0.2) is 0 Å². The van der Waals surface area contributed by atoms with E-state index in [2.05, 4.69) is 13.5 Å². The highest BCUT2D eigenvalue weighted by Crippen LogP contribution is 2.37. The minimum Gasteiger partial charge on any atom is -0.370 e. The number of hydrogen-bond acceptors (Lipinski definition) is 2. The molecule has 0 radical (unpaired) electrons. The van der Waals surface area contributed by atoms with Gasteiger partial charge in [0.2, 0.25) is 0 Å². The molecule has 0 spiro atoms. The Labute approximate surface area is 120 Å². The number of benzene rings is 1.